The summed E-state index contributed by atoms with van der Waals surface area (Å²) in [7, 11) is 0. The van der Waals surface area contributed by atoms with E-state index in [0.29, 0.717) is 45.6 Å². The van der Waals surface area contributed by atoms with Crippen molar-refractivity contribution in [1.82, 2.24) is 15.1 Å². The van der Waals surface area contributed by atoms with Gasteiger partial charge in [0.2, 0.25) is 5.91 Å². The zero-order valence-electron chi connectivity index (χ0n) is 18.7. The third kappa shape index (κ3) is 5.07. The highest BCUT2D eigenvalue weighted by Crippen LogP contribution is 2.35. The molecule has 0 unspecified atom stereocenters. The lowest BCUT2D eigenvalue weighted by atomic mass is 9.74. The van der Waals surface area contributed by atoms with Gasteiger partial charge in [-0.3, -0.25) is 9.48 Å². The van der Waals surface area contributed by atoms with Crippen LogP contribution < -0.4 is 5.32 Å². The van der Waals surface area contributed by atoms with Gasteiger partial charge in [-0.25, -0.2) is 4.39 Å². The first-order valence-electron chi connectivity index (χ1n) is 11.2. The molecule has 0 atom stereocenters. The Morgan fingerprint density at radius 2 is 1.84 bits per heavy atom. The van der Waals surface area contributed by atoms with E-state index in [2.05, 4.69) is 22.5 Å². The van der Waals surface area contributed by atoms with Gasteiger partial charge >= 0.3 is 0 Å². The van der Waals surface area contributed by atoms with Crippen molar-refractivity contribution in [2.24, 2.45) is 5.41 Å². The number of aromatic nitrogens is 2. The number of ether oxygens (including phenoxy) is 1. The molecule has 1 aliphatic rings. The minimum Gasteiger partial charge on any atom is -0.381 e. The first-order valence-corrected chi connectivity index (χ1v) is 11.2. The van der Waals surface area contributed by atoms with Gasteiger partial charge in [0.25, 0.3) is 0 Å². The lowest BCUT2D eigenvalue weighted by Gasteiger charge is -2.36. The Balaban J connectivity index is 1.48. The average molecular weight is 436 g/mol. The number of halogens is 1. The van der Waals surface area contributed by atoms with Crippen LogP contribution in [0.15, 0.2) is 54.6 Å². The zero-order valence-corrected chi connectivity index (χ0v) is 18.7. The van der Waals surface area contributed by atoms with E-state index in [1.165, 1.54) is 12.1 Å². The summed E-state index contributed by atoms with van der Waals surface area (Å²) in [5, 5.41) is 7.62. The monoisotopic (exact) mass is 435 g/mol. The van der Waals surface area contributed by atoms with E-state index < -0.39 is 5.41 Å². The van der Waals surface area contributed by atoms with Crippen LogP contribution in [0.25, 0.3) is 11.1 Å². The lowest BCUT2D eigenvalue weighted by Crippen LogP contribution is -2.47. The zero-order chi connectivity index (χ0) is 22.6. The van der Waals surface area contributed by atoms with E-state index in [4.69, 9.17) is 4.74 Å². The van der Waals surface area contributed by atoms with Gasteiger partial charge in [-0.1, -0.05) is 36.4 Å². The molecule has 0 aliphatic carbocycles. The molecular formula is C26H30FN3O2. The van der Waals surface area contributed by atoms with Gasteiger partial charge < -0.3 is 10.1 Å². The molecule has 32 heavy (non-hydrogen) atoms. The van der Waals surface area contributed by atoms with Gasteiger partial charge in [-0.2, -0.15) is 5.10 Å². The summed E-state index contributed by atoms with van der Waals surface area (Å²) in [5.74, 6) is -0.169. The molecule has 1 amide bonds. The molecule has 1 saturated heterocycles. The average Bonchev–Trinajstić information content (AvgIpc) is 3.11. The largest absolute Gasteiger partial charge is 0.381 e. The van der Waals surface area contributed by atoms with Gasteiger partial charge in [0.15, 0.2) is 0 Å². The summed E-state index contributed by atoms with van der Waals surface area (Å²) >= 11 is 0. The van der Waals surface area contributed by atoms with Crippen LogP contribution in [0.5, 0.6) is 0 Å². The number of carbonyl (C=O) groups is 1. The third-order valence-electron chi connectivity index (χ3n) is 6.29. The third-order valence-corrected chi connectivity index (χ3v) is 6.29. The van der Waals surface area contributed by atoms with Crippen molar-refractivity contribution in [3.8, 4) is 11.1 Å². The predicted octanol–water partition coefficient (Wildman–Crippen LogP) is 4.46. The molecule has 5 nitrogen and oxygen atoms in total. The van der Waals surface area contributed by atoms with Gasteiger partial charge in [-0.15, -0.1) is 0 Å². The number of carbonyl (C=O) groups excluding carboxylic acids is 1. The Labute approximate surface area is 188 Å². The number of hydrogen-bond acceptors (Lipinski definition) is 3. The quantitative estimate of drug-likeness (QED) is 0.596. The Kier molecular flexibility index (Phi) is 6.70. The van der Waals surface area contributed by atoms with Crippen molar-refractivity contribution in [3.63, 3.8) is 0 Å². The van der Waals surface area contributed by atoms with Crippen LogP contribution >= 0.6 is 0 Å². The molecule has 4 rings (SSSR count). The van der Waals surface area contributed by atoms with Crippen LogP contribution in [0.2, 0.25) is 0 Å². The van der Waals surface area contributed by atoms with Crippen LogP contribution in [-0.4, -0.2) is 35.4 Å². The number of nitrogens with one attached hydrogen (secondary N) is 1. The number of amides is 1. The second kappa shape index (κ2) is 9.65. The highest BCUT2D eigenvalue weighted by Gasteiger charge is 2.40. The molecule has 3 aromatic rings. The summed E-state index contributed by atoms with van der Waals surface area (Å²) in [6.45, 7) is 6.36. The van der Waals surface area contributed by atoms with Crippen LogP contribution in [0.1, 0.15) is 29.8 Å². The lowest BCUT2D eigenvalue weighted by molar-refractivity contribution is -0.136. The molecule has 168 valence electrons. The summed E-state index contributed by atoms with van der Waals surface area (Å²) in [6.07, 6.45) is 2.04. The number of benzene rings is 2. The molecule has 6 heteroatoms. The van der Waals surface area contributed by atoms with Crippen molar-refractivity contribution >= 4 is 5.91 Å². The Morgan fingerprint density at radius 3 is 2.53 bits per heavy atom. The van der Waals surface area contributed by atoms with Crippen LogP contribution in [-0.2, 0) is 22.5 Å². The van der Waals surface area contributed by atoms with Crippen molar-refractivity contribution < 1.29 is 13.9 Å². The summed E-state index contributed by atoms with van der Waals surface area (Å²) in [6, 6.07) is 16.7. The highest BCUT2D eigenvalue weighted by molar-refractivity contribution is 5.83. The molecule has 1 aliphatic heterocycles. The number of nitrogens with zero attached hydrogens (tertiary/aromatic N) is 2. The van der Waals surface area contributed by atoms with Crippen LogP contribution in [0.3, 0.4) is 0 Å². The molecule has 0 radical (unpaired) electrons. The second-order valence-corrected chi connectivity index (χ2v) is 8.68. The van der Waals surface area contributed by atoms with Crippen molar-refractivity contribution in [1.29, 1.82) is 0 Å². The van der Waals surface area contributed by atoms with E-state index in [1.807, 2.05) is 36.7 Å². The minimum absolute atomic E-state index is 0.0783. The molecular weight excluding hydrogens is 405 g/mol. The smallest absolute Gasteiger partial charge is 0.226 e. The van der Waals surface area contributed by atoms with E-state index in [9.17, 15) is 9.18 Å². The molecule has 0 bridgehead atoms. The fraction of sp³-hybridized carbons (Fsp3) is 0.385. The van der Waals surface area contributed by atoms with Gasteiger partial charge in [0.05, 0.1) is 17.7 Å². The van der Waals surface area contributed by atoms with E-state index in [0.717, 1.165) is 28.1 Å². The fourth-order valence-corrected chi connectivity index (χ4v) is 4.50. The van der Waals surface area contributed by atoms with Crippen molar-refractivity contribution in [2.45, 2.75) is 39.7 Å². The number of rotatable bonds is 7. The summed E-state index contributed by atoms with van der Waals surface area (Å²) < 4.78 is 20.8. The van der Waals surface area contributed by atoms with Gasteiger partial charge in [-0.05, 0) is 68.0 Å². The summed E-state index contributed by atoms with van der Waals surface area (Å²) in [5.41, 5.74) is 4.67. The predicted molar refractivity (Wildman–Crippen MR) is 123 cm³/mol. The number of aryl methyl sites for hydroxylation is 2. The first kappa shape index (κ1) is 22.2. The van der Waals surface area contributed by atoms with Crippen molar-refractivity contribution in [3.05, 3.63) is 77.4 Å². The highest BCUT2D eigenvalue weighted by atomic mass is 19.1. The maximum Gasteiger partial charge on any atom is 0.226 e. The minimum atomic E-state index is -0.491. The Hall–Kier alpha value is -2.99. The molecule has 2 aromatic carbocycles. The standard InChI is InChI=1S/C26H30FN3O2/c1-19-16-20(2)30(29-19)13-12-28-25(31)26(10-14-32-15-11-26)18-21-4-3-5-23(17-21)22-6-8-24(27)9-7-22/h3-9,16-17H,10-15,18H2,1-2H3,(H,28,31). The van der Waals surface area contributed by atoms with E-state index in [1.54, 1.807) is 12.1 Å². The van der Waals surface area contributed by atoms with E-state index in [-0.39, 0.29) is 11.7 Å². The molecule has 1 fully saturated rings. The normalized spacial score (nSPS) is 15.5. The van der Waals surface area contributed by atoms with Crippen LogP contribution in [0, 0.1) is 25.1 Å². The molecule has 2 heterocycles. The van der Waals surface area contributed by atoms with Crippen molar-refractivity contribution in [2.75, 3.05) is 19.8 Å². The Morgan fingerprint density at radius 1 is 1.09 bits per heavy atom. The molecule has 0 saturated carbocycles. The van der Waals surface area contributed by atoms with Gasteiger partial charge in [0.1, 0.15) is 5.82 Å². The maximum atomic E-state index is 13.4. The van der Waals surface area contributed by atoms with E-state index >= 15 is 0 Å². The molecule has 1 N–H and O–H groups in total. The topological polar surface area (TPSA) is 56.2 Å². The van der Waals surface area contributed by atoms with Crippen LogP contribution in [0.4, 0.5) is 4.39 Å². The SMILES string of the molecule is Cc1cc(C)n(CCNC(=O)C2(Cc3cccc(-c4ccc(F)cc4)c3)CCOCC2)n1. The van der Waals surface area contributed by atoms with Gasteiger partial charge in [0, 0.05) is 25.5 Å². The molecule has 0 spiro atoms. The number of hydrogen-bond donors (Lipinski definition) is 1. The maximum absolute atomic E-state index is 13.4. The first-order chi connectivity index (χ1) is 15.4. The Bertz CT molecular complexity index is 1070. The fourth-order valence-electron chi connectivity index (χ4n) is 4.50. The summed E-state index contributed by atoms with van der Waals surface area (Å²) in [4.78, 5) is 13.4. The second-order valence-electron chi connectivity index (χ2n) is 8.68. The molecule has 1 aromatic heterocycles.